The first kappa shape index (κ1) is 28.6. The first-order valence-corrected chi connectivity index (χ1v) is 16.0. The van der Waals surface area contributed by atoms with E-state index in [2.05, 4.69) is 10.8 Å². The summed E-state index contributed by atoms with van der Waals surface area (Å²) in [5.74, 6) is 0.892. The summed E-state index contributed by atoms with van der Waals surface area (Å²) >= 11 is 0. The molecule has 11 heteroatoms. The van der Waals surface area contributed by atoms with Gasteiger partial charge in [-0.3, -0.25) is 4.79 Å². The summed E-state index contributed by atoms with van der Waals surface area (Å²) in [7, 11) is -6.84. The van der Waals surface area contributed by atoms with Crippen LogP contribution in [0.1, 0.15) is 41.1 Å². The van der Waals surface area contributed by atoms with Gasteiger partial charge in [0.2, 0.25) is 5.91 Å². The van der Waals surface area contributed by atoms with Crippen LogP contribution in [0.25, 0.3) is 11.1 Å². The smallest absolute Gasteiger partial charge is 0.301 e. The second-order valence-electron chi connectivity index (χ2n) is 9.73. The largest absolute Gasteiger partial charge is 0.494 e. The van der Waals surface area contributed by atoms with Crippen molar-refractivity contribution in [2.75, 3.05) is 18.6 Å². The maximum atomic E-state index is 11.8. The van der Waals surface area contributed by atoms with E-state index in [1.54, 1.807) is 24.3 Å². The summed E-state index contributed by atoms with van der Waals surface area (Å²) < 4.78 is 62.2. The van der Waals surface area contributed by atoms with Crippen molar-refractivity contribution in [3.05, 3.63) is 82.9 Å². The van der Waals surface area contributed by atoms with E-state index in [9.17, 15) is 21.6 Å². The molecule has 1 amide bonds. The van der Waals surface area contributed by atoms with Crippen LogP contribution < -0.4 is 18.9 Å². The minimum absolute atomic E-state index is 0.0291. The third kappa shape index (κ3) is 8.04. The predicted molar refractivity (Wildman–Crippen MR) is 150 cm³/mol. The van der Waals surface area contributed by atoms with Crippen LogP contribution in [0.2, 0.25) is 0 Å². The molecule has 1 atom stereocenters. The number of rotatable bonds is 10. The van der Waals surface area contributed by atoms with Gasteiger partial charge in [0.25, 0.3) is 0 Å². The van der Waals surface area contributed by atoms with Crippen LogP contribution in [0.3, 0.4) is 0 Å². The molecular weight excluding hydrogens is 540 g/mol. The summed E-state index contributed by atoms with van der Waals surface area (Å²) in [4.78, 5) is 11.7. The van der Waals surface area contributed by atoms with Gasteiger partial charge in [0.05, 0.1) is 18.4 Å². The standard InChI is InChI=1S/C28H32N2O7S2/c1-19-14-25(36-12-5-13-38(3,32)33)15-20(2)28(19)23-7-4-6-21(16-23)18-37-24-10-8-22(9-11-24)26-17-27(31)30-39(34,35)29-26/h4,6-11,14-16,26,29H,5,12-13,17-18H2,1-3H3,(H,30,31). The predicted octanol–water partition coefficient (Wildman–Crippen LogP) is 3.76. The molecule has 3 aromatic carbocycles. The van der Waals surface area contributed by atoms with Crippen molar-refractivity contribution in [2.24, 2.45) is 0 Å². The lowest BCUT2D eigenvalue weighted by atomic mass is 9.94. The lowest BCUT2D eigenvalue weighted by Gasteiger charge is -2.23. The lowest BCUT2D eigenvalue weighted by Crippen LogP contribution is -2.48. The lowest BCUT2D eigenvalue weighted by molar-refractivity contribution is -0.120. The zero-order valence-corrected chi connectivity index (χ0v) is 23.7. The Morgan fingerprint density at radius 2 is 1.64 bits per heavy atom. The van der Waals surface area contributed by atoms with Crippen molar-refractivity contribution < 1.29 is 31.1 Å². The number of hydrogen-bond donors (Lipinski definition) is 2. The molecule has 1 aliphatic heterocycles. The van der Waals surface area contributed by atoms with E-state index in [0.29, 0.717) is 36.7 Å². The van der Waals surface area contributed by atoms with Gasteiger partial charge < -0.3 is 9.47 Å². The second kappa shape index (κ2) is 11.8. The molecular formula is C28H32N2O7S2. The van der Waals surface area contributed by atoms with Crippen LogP contribution >= 0.6 is 0 Å². The third-order valence-electron chi connectivity index (χ3n) is 6.27. The summed E-state index contributed by atoms with van der Waals surface area (Å²) in [6, 6.07) is 18.4. The highest BCUT2D eigenvalue weighted by Gasteiger charge is 2.29. The average Bonchev–Trinajstić information content (AvgIpc) is 2.84. The van der Waals surface area contributed by atoms with Gasteiger partial charge >= 0.3 is 10.2 Å². The minimum Gasteiger partial charge on any atom is -0.494 e. The number of carbonyl (C=O) groups excluding carboxylic acids is 1. The summed E-state index contributed by atoms with van der Waals surface area (Å²) in [5.41, 5.74) is 5.91. The van der Waals surface area contributed by atoms with Crippen molar-refractivity contribution in [1.82, 2.24) is 9.44 Å². The number of sulfone groups is 1. The molecule has 1 saturated heterocycles. The molecule has 0 bridgehead atoms. The highest BCUT2D eigenvalue weighted by Crippen LogP contribution is 2.32. The van der Waals surface area contributed by atoms with Gasteiger partial charge in [-0.2, -0.15) is 13.1 Å². The molecule has 0 aromatic heterocycles. The second-order valence-corrected chi connectivity index (χ2v) is 13.4. The Bertz CT molecular complexity index is 1540. The summed E-state index contributed by atoms with van der Waals surface area (Å²) in [6.07, 6.45) is 1.69. The first-order chi connectivity index (χ1) is 18.4. The first-order valence-electron chi connectivity index (χ1n) is 12.5. The Morgan fingerprint density at radius 3 is 2.28 bits per heavy atom. The molecule has 4 rings (SSSR count). The Balaban J connectivity index is 1.39. The molecule has 1 aliphatic rings. The molecule has 1 unspecified atom stereocenters. The number of nitrogens with one attached hydrogen (secondary N) is 2. The van der Waals surface area contributed by atoms with Crippen LogP contribution in [0.4, 0.5) is 0 Å². The van der Waals surface area contributed by atoms with Crippen LogP contribution in [-0.4, -0.2) is 41.4 Å². The van der Waals surface area contributed by atoms with Gasteiger partial charge in [0.15, 0.2) is 0 Å². The van der Waals surface area contributed by atoms with E-state index in [0.717, 1.165) is 27.8 Å². The van der Waals surface area contributed by atoms with Crippen molar-refractivity contribution in [3.63, 3.8) is 0 Å². The highest BCUT2D eigenvalue weighted by atomic mass is 32.2. The normalized spacial score (nSPS) is 16.9. The summed E-state index contributed by atoms with van der Waals surface area (Å²) in [6.45, 7) is 4.72. The number of ether oxygens (including phenoxy) is 2. The Hall–Kier alpha value is -3.41. The van der Waals surface area contributed by atoms with Crippen molar-refractivity contribution >= 4 is 26.0 Å². The Kier molecular flexibility index (Phi) is 8.63. The van der Waals surface area contributed by atoms with Crippen molar-refractivity contribution in [2.45, 2.75) is 39.3 Å². The van der Waals surface area contributed by atoms with Gasteiger partial charge in [-0.25, -0.2) is 13.1 Å². The maximum Gasteiger partial charge on any atom is 0.301 e. The molecule has 9 nitrogen and oxygen atoms in total. The topological polar surface area (TPSA) is 128 Å². The monoisotopic (exact) mass is 572 g/mol. The van der Waals surface area contributed by atoms with Crippen molar-refractivity contribution in [3.8, 4) is 22.6 Å². The molecule has 0 spiro atoms. The van der Waals surface area contributed by atoms with Gasteiger partial charge in [-0.05, 0) is 84.0 Å². The van der Waals surface area contributed by atoms with E-state index in [4.69, 9.17) is 9.47 Å². The zero-order chi connectivity index (χ0) is 28.2. The fraction of sp³-hybridized carbons (Fsp3) is 0.321. The molecule has 39 heavy (non-hydrogen) atoms. The number of aryl methyl sites for hydroxylation is 2. The molecule has 0 saturated carbocycles. The maximum absolute atomic E-state index is 11.8. The average molecular weight is 573 g/mol. The van der Waals surface area contributed by atoms with Crippen LogP contribution in [0.5, 0.6) is 11.5 Å². The van der Waals surface area contributed by atoms with Crippen LogP contribution in [0.15, 0.2) is 60.7 Å². The third-order valence-corrected chi connectivity index (χ3v) is 8.39. The fourth-order valence-corrected chi connectivity index (χ4v) is 6.25. The van der Waals surface area contributed by atoms with E-state index >= 15 is 0 Å². The molecule has 0 radical (unpaired) electrons. The molecule has 0 aliphatic carbocycles. The molecule has 1 heterocycles. The molecule has 208 valence electrons. The number of hydrogen-bond acceptors (Lipinski definition) is 7. The fourth-order valence-electron chi connectivity index (χ4n) is 4.57. The van der Waals surface area contributed by atoms with Crippen molar-refractivity contribution in [1.29, 1.82) is 0 Å². The van der Waals surface area contributed by atoms with Gasteiger partial charge in [-0.15, -0.1) is 0 Å². The Labute approximate surface area is 229 Å². The van der Waals surface area contributed by atoms with Gasteiger partial charge in [0.1, 0.15) is 27.9 Å². The van der Waals surface area contributed by atoms with E-state index in [1.807, 2.05) is 48.9 Å². The van der Waals surface area contributed by atoms with Gasteiger partial charge in [-0.1, -0.05) is 30.3 Å². The zero-order valence-electron chi connectivity index (χ0n) is 22.1. The number of carbonyl (C=O) groups is 1. The minimum atomic E-state index is -3.84. The quantitative estimate of drug-likeness (QED) is 0.354. The summed E-state index contributed by atoms with van der Waals surface area (Å²) in [5, 5.41) is 0. The molecule has 2 N–H and O–H groups in total. The van der Waals surface area contributed by atoms with Crippen LogP contribution in [0, 0.1) is 13.8 Å². The van der Waals surface area contributed by atoms with Crippen LogP contribution in [-0.2, 0) is 31.4 Å². The molecule has 1 fully saturated rings. The van der Waals surface area contributed by atoms with Gasteiger partial charge in [0, 0.05) is 12.7 Å². The van der Waals surface area contributed by atoms with E-state index in [-0.39, 0.29) is 12.2 Å². The number of amides is 1. The van der Waals surface area contributed by atoms with E-state index < -0.39 is 32.0 Å². The molecule has 3 aromatic rings. The highest BCUT2D eigenvalue weighted by molar-refractivity contribution is 7.90. The van der Waals surface area contributed by atoms with E-state index in [1.165, 1.54) is 6.26 Å². The number of benzene rings is 3. The SMILES string of the molecule is Cc1cc(OCCCS(C)(=O)=O)cc(C)c1-c1cccc(COc2ccc(C3CC(=O)NS(=O)(=O)N3)cc2)c1. The Morgan fingerprint density at radius 1 is 0.949 bits per heavy atom.